The van der Waals surface area contributed by atoms with Gasteiger partial charge in [-0.3, -0.25) is 9.10 Å². The minimum Gasteiger partial charge on any atom is -0.322 e. The summed E-state index contributed by atoms with van der Waals surface area (Å²) < 4.78 is 40.3. The molecule has 148 valence electrons. The average molecular weight is 431 g/mol. The molecule has 4 rings (SSSR count). The largest absolute Gasteiger partial charge is 0.322 e. The van der Waals surface area contributed by atoms with Crippen molar-refractivity contribution in [3.05, 3.63) is 88.7 Å². The van der Waals surface area contributed by atoms with Crippen LogP contribution in [0.1, 0.15) is 15.9 Å². The molecule has 3 aromatic rings. The Kier molecular flexibility index (Phi) is 5.02. The quantitative estimate of drug-likeness (QED) is 0.663. The molecule has 0 atom stereocenters. The predicted molar refractivity (Wildman–Crippen MR) is 110 cm³/mol. The van der Waals surface area contributed by atoms with Gasteiger partial charge in [-0.25, -0.2) is 12.8 Å². The highest BCUT2D eigenvalue weighted by Crippen LogP contribution is 2.34. The van der Waals surface area contributed by atoms with Gasteiger partial charge in [0.1, 0.15) is 5.82 Å². The summed E-state index contributed by atoms with van der Waals surface area (Å²) in [5, 5.41) is 3.16. The van der Waals surface area contributed by atoms with Crippen molar-refractivity contribution in [2.45, 2.75) is 11.3 Å². The number of carbonyl (C=O) groups is 1. The number of fused-ring (bicyclic) bond motifs is 1. The molecule has 0 aliphatic carbocycles. The summed E-state index contributed by atoms with van der Waals surface area (Å²) in [5.41, 5.74) is 2.20. The van der Waals surface area contributed by atoms with E-state index < -0.39 is 10.0 Å². The zero-order valence-corrected chi connectivity index (χ0v) is 16.7. The number of hydrogen-bond donors (Lipinski definition) is 1. The van der Waals surface area contributed by atoms with Crippen molar-refractivity contribution in [3.63, 3.8) is 0 Å². The molecule has 0 saturated heterocycles. The molecule has 29 heavy (non-hydrogen) atoms. The second-order valence-corrected chi connectivity index (χ2v) is 8.88. The minimum atomic E-state index is -3.72. The van der Waals surface area contributed by atoms with Crippen molar-refractivity contribution < 1.29 is 17.6 Å². The summed E-state index contributed by atoms with van der Waals surface area (Å²) in [7, 11) is -3.72. The van der Waals surface area contributed by atoms with Crippen LogP contribution in [-0.4, -0.2) is 20.9 Å². The van der Waals surface area contributed by atoms with Crippen molar-refractivity contribution >= 4 is 38.9 Å². The minimum absolute atomic E-state index is 0.160. The molecule has 1 heterocycles. The number of carbonyl (C=O) groups excluding carboxylic acids is 1. The number of nitrogens with zero attached hydrogens (tertiary/aromatic N) is 1. The number of nitrogens with one attached hydrogen (secondary N) is 1. The second-order valence-electron chi connectivity index (χ2n) is 6.59. The standard InChI is InChI=1S/C21H16ClFN2O3S/c22-16-2-8-19(9-3-16)29(27,28)25-12-11-14-13-15(1-10-20(14)25)21(26)24-18-6-4-17(23)5-7-18/h1-10,13H,11-12H2,(H,24,26). The number of amides is 1. The maximum Gasteiger partial charge on any atom is 0.264 e. The summed E-state index contributed by atoms with van der Waals surface area (Å²) in [6, 6.07) is 16.4. The predicted octanol–water partition coefficient (Wildman–Crippen LogP) is 4.48. The van der Waals surface area contributed by atoms with E-state index in [4.69, 9.17) is 11.6 Å². The number of rotatable bonds is 4. The number of halogens is 2. The van der Waals surface area contributed by atoms with Gasteiger partial charge in [-0.05, 0) is 78.7 Å². The van der Waals surface area contributed by atoms with Gasteiger partial charge in [-0.1, -0.05) is 11.6 Å². The molecule has 1 amide bonds. The van der Waals surface area contributed by atoms with E-state index in [0.717, 1.165) is 5.56 Å². The van der Waals surface area contributed by atoms with Gasteiger partial charge in [0.2, 0.25) is 0 Å². The van der Waals surface area contributed by atoms with Gasteiger partial charge in [0, 0.05) is 22.8 Å². The third-order valence-electron chi connectivity index (χ3n) is 4.70. The SMILES string of the molecule is O=C(Nc1ccc(F)cc1)c1ccc2c(c1)CCN2S(=O)(=O)c1ccc(Cl)cc1. The van der Waals surface area contributed by atoms with E-state index in [0.29, 0.717) is 34.9 Å². The second kappa shape index (κ2) is 7.50. The summed E-state index contributed by atoms with van der Waals surface area (Å²) in [6.07, 6.45) is 0.500. The smallest absolute Gasteiger partial charge is 0.264 e. The molecule has 0 saturated carbocycles. The molecule has 3 aromatic carbocycles. The van der Waals surface area contributed by atoms with Crippen molar-refractivity contribution in [2.24, 2.45) is 0 Å². The lowest BCUT2D eigenvalue weighted by Gasteiger charge is -2.19. The van der Waals surface area contributed by atoms with Gasteiger partial charge in [0.05, 0.1) is 10.6 Å². The maximum absolute atomic E-state index is 13.0. The van der Waals surface area contributed by atoms with E-state index in [2.05, 4.69) is 5.32 Å². The van der Waals surface area contributed by atoms with Gasteiger partial charge in [-0.2, -0.15) is 0 Å². The van der Waals surface area contributed by atoms with Gasteiger partial charge in [0.25, 0.3) is 15.9 Å². The normalized spacial score (nSPS) is 13.2. The first-order valence-electron chi connectivity index (χ1n) is 8.83. The van der Waals surface area contributed by atoms with Crippen molar-refractivity contribution in [2.75, 3.05) is 16.2 Å². The fraction of sp³-hybridized carbons (Fsp3) is 0.0952. The van der Waals surface area contributed by atoms with E-state index in [1.54, 1.807) is 18.2 Å². The first-order valence-corrected chi connectivity index (χ1v) is 10.6. The Labute approximate surface area is 172 Å². The van der Waals surface area contributed by atoms with E-state index >= 15 is 0 Å². The molecular weight excluding hydrogens is 415 g/mol. The van der Waals surface area contributed by atoms with Crippen LogP contribution in [0.2, 0.25) is 5.02 Å². The monoisotopic (exact) mass is 430 g/mol. The molecule has 5 nitrogen and oxygen atoms in total. The van der Waals surface area contributed by atoms with E-state index in [1.807, 2.05) is 0 Å². The number of benzene rings is 3. The Morgan fingerprint density at radius 2 is 1.69 bits per heavy atom. The fourth-order valence-electron chi connectivity index (χ4n) is 3.23. The molecule has 1 aliphatic rings. The number of hydrogen-bond acceptors (Lipinski definition) is 3. The van der Waals surface area contributed by atoms with Crippen LogP contribution in [0.3, 0.4) is 0 Å². The van der Waals surface area contributed by atoms with Crippen LogP contribution in [0.25, 0.3) is 0 Å². The third-order valence-corrected chi connectivity index (χ3v) is 6.78. The van der Waals surface area contributed by atoms with Gasteiger partial charge in [0.15, 0.2) is 0 Å². The molecule has 1 aliphatic heterocycles. The molecule has 0 fully saturated rings. The molecule has 0 radical (unpaired) electrons. The fourth-order valence-corrected chi connectivity index (χ4v) is 4.86. The topological polar surface area (TPSA) is 66.5 Å². The molecule has 1 N–H and O–H groups in total. The molecule has 8 heteroatoms. The van der Waals surface area contributed by atoms with Crippen molar-refractivity contribution in [1.29, 1.82) is 0 Å². The van der Waals surface area contributed by atoms with Crippen LogP contribution in [0.15, 0.2) is 71.6 Å². The summed E-state index contributed by atoms with van der Waals surface area (Å²) in [5.74, 6) is -0.735. The average Bonchev–Trinajstić information content (AvgIpc) is 3.14. The van der Waals surface area contributed by atoms with Crippen LogP contribution >= 0.6 is 11.6 Å². The molecule has 0 bridgehead atoms. The Morgan fingerprint density at radius 3 is 2.38 bits per heavy atom. The first kappa shape index (κ1) is 19.4. The highest BCUT2D eigenvalue weighted by Gasteiger charge is 2.31. The van der Waals surface area contributed by atoms with E-state index in [1.165, 1.54) is 52.8 Å². The highest BCUT2D eigenvalue weighted by atomic mass is 35.5. The van der Waals surface area contributed by atoms with Gasteiger partial charge < -0.3 is 5.32 Å². The zero-order chi connectivity index (χ0) is 20.6. The zero-order valence-electron chi connectivity index (χ0n) is 15.1. The Bertz CT molecular complexity index is 1180. The molecule has 0 spiro atoms. The number of sulfonamides is 1. The lowest BCUT2D eigenvalue weighted by atomic mass is 10.1. The van der Waals surface area contributed by atoms with E-state index in [9.17, 15) is 17.6 Å². The summed E-state index contributed by atoms with van der Waals surface area (Å²) >= 11 is 5.85. The van der Waals surface area contributed by atoms with Crippen LogP contribution < -0.4 is 9.62 Å². The first-order chi connectivity index (χ1) is 13.8. The van der Waals surface area contributed by atoms with Crippen LogP contribution in [0.5, 0.6) is 0 Å². The Hall–Kier alpha value is -2.90. The van der Waals surface area contributed by atoms with Crippen molar-refractivity contribution in [3.8, 4) is 0 Å². The molecule has 0 unspecified atom stereocenters. The van der Waals surface area contributed by atoms with Crippen LogP contribution in [0.4, 0.5) is 15.8 Å². The molecule has 0 aromatic heterocycles. The third kappa shape index (κ3) is 3.83. The van der Waals surface area contributed by atoms with Gasteiger partial charge >= 0.3 is 0 Å². The lowest BCUT2D eigenvalue weighted by Crippen LogP contribution is -2.29. The van der Waals surface area contributed by atoms with Crippen LogP contribution in [0, 0.1) is 5.82 Å². The number of anilines is 2. The van der Waals surface area contributed by atoms with Crippen molar-refractivity contribution in [1.82, 2.24) is 0 Å². The van der Waals surface area contributed by atoms with Gasteiger partial charge in [-0.15, -0.1) is 0 Å². The van der Waals surface area contributed by atoms with E-state index in [-0.39, 0.29) is 16.6 Å². The highest BCUT2D eigenvalue weighted by molar-refractivity contribution is 7.92. The lowest BCUT2D eigenvalue weighted by molar-refractivity contribution is 0.102. The van der Waals surface area contributed by atoms with Crippen LogP contribution in [-0.2, 0) is 16.4 Å². The maximum atomic E-state index is 13.0. The summed E-state index contributed by atoms with van der Waals surface area (Å²) in [4.78, 5) is 12.6. The Morgan fingerprint density at radius 1 is 1.00 bits per heavy atom. The molecular formula is C21H16ClFN2O3S. The summed E-state index contributed by atoms with van der Waals surface area (Å²) in [6.45, 7) is 0.295. The Balaban J connectivity index is 1.58.